The lowest BCUT2D eigenvalue weighted by Crippen LogP contribution is -2.36. The van der Waals surface area contributed by atoms with E-state index in [0.717, 1.165) is 30.0 Å². The number of carboxylic acid groups (broad SMARTS) is 1. The molecule has 0 saturated heterocycles. The molecule has 116 valence electrons. The van der Waals surface area contributed by atoms with Crippen molar-refractivity contribution in [1.29, 1.82) is 0 Å². The predicted octanol–water partition coefficient (Wildman–Crippen LogP) is 3.05. The maximum absolute atomic E-state index is 12.6. The van der Waals surface area contributed by atoms with E-state index in [0.29, 0.717) is 17.3 Å². The average Bonchev–Trinajstić information content (AvgIpc) is 3.05. The van der Waals surface area contributed by atoms with Crippen LogP contribution in [0.3, 0.4) is 0 Å². The number of thiazole rings is 1. The van der Waals surface area contributed by atoms with Gasteiger partial charge in [0.1, 0.15) is 11.4 Å². The largest absolute Gasteiger partial charge is 0.480 e. The second kappa shape index (κ2) is 7.02. The number of aromatic nitrogens is 1. The van der Waals surface area contributed by atoms with Crippen molar-refractivity contribution in [1.82, 2.24) is 9.88 Å². The van der Waals surface area contributed by atoms with Crippen molar-refractivity contribution in [2.24, 2.45) is 0 Å². The van der Waals surface area contributed by atoms with Crippen molar-refractivity contribution >= 4 is 23.2 Å². The van der Waals surface area contributed by atoms with Crippen LogP contribution in [0.5, 0.6) is 0 Å². The molecule has 0 bridgehead atoms. The molecule has 0 aliphatic heterocycles. The highest BCUT2D eigenvalue weighted by Gasteiger charge is 2.26. The first-order valence-corrected chi connectivity index (χ1v) is 8.33. The van der Waals surface area contributed by atoms with Crippen LogP contribution in [0.15, 0.2) is 0 Å². The number of hydrogen-bond acceptors (Lipinski definition) is 4. The van der Waals surface area contributed by atoms with Crippen LogP contribution in [0.25, 0.3) is 0 Å². The number of carbonyl (C=O) groups excluding carboxylic acids is 1. The highest BCUT2D eigenvalue weighted by Crippen LogP contribution is 2.37. The van der Waals surface area contributed by atoms with Crippen LogP contribution < -0.4 is 0 Å². The number of rotatable bonds is 6. The van der Waals surface area contributed by atoms with Gasteiger partial charge in [0, 0.05) is 12.5 Å². The zero-order valence-corrected chi connectivity index (χ0v) is 13.4. The molecule has 0 spiro atoms. The van der Waals surface area contributed by atoms with Gasteiger partial charge >= 0.3 is 5.97 Å². The molecule has 1 aliphatic rings. The topological polar surface area (TPSA) is 70.5 Å². The molecule has 0 radical (unpaired) electrons. The molecule has 21 heavy (non-hydrogen) atoms. The van der Waals surface area contributed by atoms with Crippen LogP contribution in [-0.4, -0.2) is 40.0 Å². The molecule has 2 rings (SSSR count). The van der Waals surface area contributed by atoms with Crippen LogP contribution in [0.4, 0.5) is 0 Å². The molecular formula is C15H22N2O3S. The van der Waals surface area contributed by atoms with E-state index in [2.05, 4.69) is 4.98 Å². The molecule has 1 N–H and O–H groups in total. The quantitative estimate of drug-likeness (QED) is 0.876. The lowest BCUT2D eigenvalue weighted by molar-refractivity contribution is -0.137. The van der Waals surface area contributed by atoms with Crippen LogP contribution in [0, 0.1) is 6.92 Å². The van der Waals surface area contributed by atoms with Gasteiger partial charge in [0.15, 0.2) is 0 Å². The van der Waals surface area contributed by atoms with Crippen molar-refractivity contribution in [3.63, 3.8) is 0 Å². The Labute approximate surface area is 129 Å². The SMILES string of the molecule is CCCN(CC(=O)O)C(=O)c1sc(C2CCCC2)nc1C. The molecule has 1 fully saturated rings. The third kappa shape index (κ3) is 3.81. The minimum Gasteiger partial charge on any atom is -0.480 e. The number of carboxylic acids is 1. The van der Waals surface area contributed by atoms with Crippen molar-refractivity contribution < 1.29 is 14.7 Å². The van der Waals surface area contributed by atoms with Gasteiger partial charge in [0.05, 0.1) is 10.7 Å². The van der Waals surface area contributed by atoms with Gasteiger partial charge in [-0.15, -0.1) is 11.3 Å². The summed E-state index contributed by atoms with van der Waals surface area (Å²) in [5.74, 6) is -0.692. The number of aliphatic carboxylic acids is 1. The Kier molecular flexibility index (Phi) is 5.33. The zero-order valence-electron chi connectivity index (χ0n) is 12.6. The minimum atomic E-state index is -0.977. The normalized spacial score (nSPS) is 15.3. The first-order valence-electron chi connectivity index (χ1n) is 7.51. The summed E-state index contributed by atoms with van der Waals surface area (Å²) in [5, 5.41) is 9.99. The second-order valence-corrected chi connectivity index (χ2v) is 6.60. The van der Waals surface area contributed by atoms with E-state index in [1.807, 2.05) is 13.8 Å². The number of amides is 1. The number of aryl methyl sites for hydroxylation is 1. The molecule has 1 aromatic rings. The zero-order chi connectivity index (χ0) is 15.4. The summed E-state index contributed by atoms with van der Waals surface area (Å²) in [6.07, 6.45) is 5.50. The summed E-state index contributed by atoms with van der Waals surface area (Å²) in [6.45, 7) is 3.99. The molecule has 1 aliphatic carbocycles. The molecule has 5 nitrogen and oxygen atoms in total. The Bertz CT molecular complexity index is 521. The van der Waals surface area contributed by atoms with Crippen LogP contribution in [0.2, 0.25) is 0 Å². The van der Waals surface area contributed by atoms with Gasteiger partial charge in [-0.2, -0.15) is 0 Å². The van der Waals surface area contributed by atoms with Crippen LogP contribution in [0.1, 0.15) is 65.3 Å². The lowest BCUT2D eigenvalue weighted by Gasteiger charge is -2.19. The summed E-state index contributed by atoms with van der Waals surface area (Å²) < 4.78 is 0. The van der Waals surface area contributed by atoms with Crippen LogP contribution in [-0.2, 0) is 4.79 Å². The third-order valence-electron chi connectivity index (χ3n) is 3.82. The Morgan fingerprint density at radius 3 is 2.62 bits per heavy atom. The minimum absolute atomic E-state index is 0.196. The average molecular weight is 310 g/mol. The van der Waals surface area contributed by atoms with Crippen molar-refractivity contribution in [3.8, 4) is 0 Å². The number of carbonyl (C=O) groups is 2. The predicted molar refractivity (Wildman–Crippen MR) is 81.9 cm³/mol. The van der Waals surface area contributed by atoms with E-state index in [4.69, 9.17) is 5.11 Å². The lowest BCUT2D eigenvalue weighted by atomic mass is 10.1. The molecule has 1 amide bonds. The van der Waals surface area contributed by atoms with Gasteiger partial charge in [0.2, 0.25) is 0 Å². The maximum Gasteiger partial charge on any atom is 0.323 e. The highest BCUT2D eigenvalue weighted by molar-refractivity contribution is 7.13. The highest BCUT2D eigenvalue weighted by atomic mass is 32.1. The summed E-state index contributed by atoms with van der Waals surface area (Å²) in [4.78, 5) is 30.0. The summed E-state index contributed by atoms with van der Waals surface area (Å²) in [5.41, 5.74) is 0.735. The number of nitrogens with zero attached hydrogens (tertiary/aromatic N) is 2. The maximum atomic E-state index is 12.6. The Morgan fingerprint density at radius 2 is 2.05 bits per heavy atom. The molecule has 6 heteroatoms. The van der Waals surface area contributed by atoms with Gasteiger partial charge in [0.25, 0.3) is 5.91 Å². The van der Waals surface area contributed by atoms with Gasteiger partial charge in [-0.05, 0) is 26.2 Å². The summed E-state index contributed by atoms with van der Waals surface area (Å²) >= 11 is 1.45. The van der Waals surface area contributed by atoms with Crippen LogP contribution >= 0.6 is 11.3 Å². The van der Waals surface area contributed by atoms with E-state index in [1.54, 1.807) is 0 Å². The fourth-order valence-corrected chi connectivity index (χ4v) is 4.00. The molecule has 0 unspecified atom stereocenters. The Balaban J connectivity index is 2.18. The second-order valence-electron chi connectivity index (χ2n) is 5.57. The van der Waals surface area contributed by atoms with Gasteiger partial charge in [-0.25, -0.2) is 4.98 Å². The number of hydrogen-bond donors (Lipinski definition) is 1. The fourth-order valence-electron chi connectivity index (χ4n) is 2.79. The van der Waals surface area contributed by atoms with E-state index >= 15 is 0 Å². The molecular weight excluding hydrogens is 288 g/mol. The summed E-state index contributed by atoms with van der Waals surface area (Å²) in [6, 6.07) is 0. The molecule has 1 heterocycles. The van der Waals surface area contributed by atoms with Crippen molar-refractivity contribution in [3.05, 3.63) is 15.6 Å². The van der Waals surface area contributed by atoms with E-state index in [9.17, 15) is 9.59 Å². The monoisotopic (exact) mass is 310 g/mol. The smallest absolute Gasteiger partial charge is 0.323 e. The first kappa shape index (κ1) is 15.9. The van der Waals surface area contributed by atoms with E-state index in [-0.39, 0.29) is 12.5 Å². The molecule has 0 aromatic carbocycles. The third-order valence-corrected chi connectivity index (χ3v) is 5.13. The molecule has 0 atom stereocenters. The fraction of sp³-hybridized carbons (Fsp3) is 0.667. The summed E-state index contributed by atoms with van der Waals surface area (Å²) in [7, 11) is 0. The molecule has 1 saturated carbocycles. The van der Waals surface area contributed by atoms with Gasteiger partial charge in [-0.3, -0.25) is 9.59 Å². The van der Waals surface area contributed by atoms with E-state index < -0.39 is 5.97 Å². The molecule has 1 aromatic heterocycles. The van der Waals surface area contributed by atoms with Crippen molar-refractivity contribution in [2.45, 2.75) is 51.9 Å². The Hall–Kier alpha value is -1.43. The first-order chi connectivity index (χ1) is 10.0. The van der Waals surface area contributed by atoms with E-state index in [1.165, 1.54) is 29.1 Å². The van der Waals surface area contributed by atoms with Gasteiger partial charge < -0.3 is 10.0 Å². The van der Waals surface area contributed by atoms with Crippen molar-refractivity contribution in [2.75, 3.05) is 13.1 Å². The van der Waals surface area contributed by atoms with Gasteiger partial charge in [-0.1, -0.05) is 19.8 Å². The standard InChI is InChI=1S/C15H22N2O3S/c1-3-8-17(9-12(18)19)15(20)13-10(2)16-14(21-13)11-6-4-5-7-11/h11H,3-9H2,1-2H3,(H,18,19). The Morgan fingerprint density at radius 1 is 1.38 bits per heavy atom.